The molecule has 0 bridgehead atoms. The molecule has 1 fully saturated rings. The van der Waals surface area contributed by atoms with Crippen molar-refractivity contribution in [3.63, 3.8) is 0 Å². The molecule has 1 aliphatic carbocycles. The molecule has 1 atom stereocenters. The molecule has 0 heterocycles. The van der Waals surface area contributed by atoms with Crippen molar-refractivity contribution in [2.45, 2.75) is 32.1 Å². The summed E-state index contributed by atoms with van der Waals surface area (Å²) < 4.78 is 4.55. The lowest BCUT2D eigenvalue weighted by molar-refractivity contribution is -0.139. The summed E-state index contributed by atoms with van der Waals surface area (Å²) in [6, 6.07) is 0. The SMILES string of the molecule is COC(=O)CNCC(CO)C1CCCCC1. The third-order valence-corrected chi connectivity index (χ3v) is 3.45. The van der Waals surface area contributed by atoms with Crippen LogP contribution in [0.3, 0.4) is 0 Å². The zero-order valence-electron chi connectivity index (χ0n) is 10.1. The molecule has 2 N–H and O–H groups in total. The van der Waals surface area contributed by atoms with Gasteiger partial charge in [0.2, 0.25) is 0 Å². The summed E-state index contributed by atoms with van der Waals surface area (Å²) in [5.74, 6) is 0.647. The monoisotopic (exact) mass is 229 g/mol. The van der Waals surface area contributed by atoms with Gasteiger partial charge in [-0.25, -0.2) is 0 Å². The zero-order chi connectivity index (χ0) is 11.8. The maximum Gasteiger partial charge on any atom is 0.319 e. The fraction of sp³-hybridized carbons (Fsp3) is 0.917. The standard InChI is InChI=1S/C12H23NO3/c1-16-12(15)8-13-7-11(9-14)10-5-3-2-4-6-10/h10-11,13-14H,2-9H2,1H3. The quantitative estimate of drug-likeness (QED) is 0.665. The number of aliphatic hydroxyl groups is 1. The average molecular weight is 229 g/mol. The van der Waals surface area contributed by atoms with Gasteiger partial charge in [-0.15, -0.1) is 0 Å². The van der Waals surface area contributed by atoms with Crippen LogP contribution in [0.5, 0.6) is 0 Å². The normalized spacial score (nSPS) is 19.4. The smallest absolute Gasteiger partial charge is 0.319 e. The van der Waals surface area contributed by atoms with Crippen LogP contribution in [-0.2, 0) is 9.53 Å². The van der Waals surface area contributed by atoms with E-state index in [1.165, 1.54) is 39.2 Å². The second-order valence-corrected chi connectivity index (χ2v) is 4.55. The van der Waals surface area contributed by atoms with Gasteiger partial charge in [-0.3, -0.25) is 4.79 Å². The number of ether oxygens (including phenoxy) is 1. The van der Waals surface area contributed by atoms with Gasteiger partial charge < -0.3 is 15.2 Å². The lowest BCUT2D eigenvalue weighted by Crippen LogP contribution is -2.34. The minimum Gasteiger partial charge on any atom is -0.468 e. The van der Waals surface area contributed by atoms with E-state index in [0.29, 0.717) is 12.5 Å². The first kappa shape index (κ1) is 13.5. The maximum absolute atomic E-state index is 10.9. The minimum atomic E-state index is -0.250. The Kier molecular flexibility index (Phi) is 6.42. The Labute approximate surface area is 97.4 Å². The largest absolute Gasteiger partial charge is 0.468 e. The van der Waals surface area contributed by atoms with Crippen LogP contribution < -0.4 is 5.32 Å². The third-order valence-electron chi connectivity index (χ3n) is 3.45. The molecule has 4 heteroatoms. The fourth-order valence-electron chi connectivity index (χ4n) is 2.42. The molecule has 0 aromatic rings. The van der Waals surface area contributed by atoms with Crippen LogP contribution in [0.1, 0.15) is 32.1 Å². The van der Waals surface area contributed by atoms with Crippen molar-refractivity contribution in [1.82, 2.24) is 5.32 Å². The summed E-state index contributed by atoms with van der Waals surface area (Å²) in [5.41, 5.74) is 0. The number of hydrogen-bond donors (Lipinski definition) is 2. The highest BCUT2D eigenvalue weighted by Gasteiger charge is 2.22. The van der Waals surface area contributed by atoms with Crippen LogP contribution in [0.4, 0.5) is 0 Å². The number of carbonyl (C=O) groups excluding carboxylic acids is 1. The van der Waals surface area contributed by atoms with E-state index in [1.807, 2.05) is 0 Å². The topological polar surface area (TPSA) is 58.6 Å². The number of carbonyl (C=O) groups is 1. The van der Waals surface area contributed by atoms with Crippen LogP contribution in [-0.4, -0.2) is 37.9 Å². The number of hydrogen-bond acceptors (Lipinski definition) is 4. The number of aliphatic hydroxyl groups excluding tert-OH is 1. The van der Waals surface area contributed by atoms with Crippen molar-refractivity contribution >= 4 is 5.97 Å². The molecule has 0 aromatic carbocycles. The molecule has 0 spiro atoms. The van der Waals surface area contributed by atoms with E-state index in [-0.39, 0.29) is 25.0 Å². The molecule has 0 aromatic heterocycles. The van der Waals surface area contributed by atoms with Gasteiger partial charge in [0.25, 0.3) is 0 Å². The first-order chi connectivity index (χ1) is 7.77. The van der Waals surface area contributed by atoms with E-state index in [9.17, 15) is 9.90 Å². The van der Waals surface area contributed by atoms with E-state index in [4.69, 9.17) is 0 Å². The van der Waals surface area contributed by atoms with Gasteiger partial charge in [0.15, 0.2) is 0 Å². The van der Waals surface area contributed by atoms with Gasteiger partial charge in [0.05, 0.1) is 13.7 Å². The van der Waals surface area contributed by atoms with Crippen molar-refractivity contribution in [2.75, 3.05) is 26.8 Å². The first-order valence-corrected chi connectivity index (χ1v) is 6.16. The predicted molar refractivity (Wildman–Crippen MR) is 62.0 cm³/mol. The first-order valence-electron chi connectivity index (χ1n) is 6.16. The van der Waals surface area contributed by atoms with Crippen molar-refractivity contribution in [3.05, 3.63) is 0 Å². The number of rotatable bonds is 6. The van der Waals surface area contributed by atoms with Gasteiger partial charge in [-0.05, 0) is 11.8 Å². The zero-order valence-corrected chi connectivity index (χ0v) is 10.1. The second-order valence-electron chi connectivity index (χ2n) is 4.55. The molecule has 0 aliphatic heterocycles. The highest BCUT2D eigenvalue weighted by Crippen LogP contribution is 2.29. The van der Waals surface area contributed by atoms with Gasteiger partial charge in [0.1, 0.15) is 0 Å². The maximum atomic E-state index is 10.9. The molecule has 1 saturated carbocycles. The molecule has 16 heavy (non-hydrogen) atoms. The molecule has 0 radical (unpaired) electrons. The molecule has 1 rings (SSSR count). The van der Waals surface area contributed by atoms with Crippen molar-refractivity contribution in [3.8, 4) is 0 Å². The highest BCUT2D eigenvalue weighted by molar-refractivity contribution is 5.71. The molecular weight excluding hydrogens is 206 g/mol. The number of nitrogens with one attached hydrogen (secondary N) is 1. The van der Waals surface area contributed by atoms with E-state index >= 15 is 0 Å². The average Bonchev–Trinajstić information content (AvgIpc) is 2.35. The van der Waals surface area contributed by atoms with Crippen LogP contribution in [0.15, 0.2) is 0 Å². The van der Waals surface area contributed by atoms with Gasteiger partial charge in [0, 0.05) is 13.2 Å². The summed E-state index contributed by atoms with van der Waals surface area (Å²) in [5, 5.41) is 12.4. The number of esters is 1. The van der Waals surface area contributed by atoms with Gasteiger partial charge >= 0.3 is 5.97 Å². The van der Waals surface area contributed by atoms with E-state index in [0.717, 1.165) is 0 Å². The molecule has 1 unspecified atom stereocenters. The Morgan fingerprint density at radius 3 is 2.69 bits per heavy atom. The van der Waals surface area contributed by atoms with Crippen LogP contribution >= 0.6 is 0 Å². The molecule has 4 nitrogen and oxygen atoms in total. The molecule has 0 amide bonds. The Morgan fingerprint density at radius 2 is 2.12 bits per heavy atom. The van der Waals surface area contributed by atoms with Crippen molar-refractivity contribution in [1.29, 1.82) is 0 Å². The summed E-state index contributed by atoms with van der Waals surface area (Å²) in [4.78, 5) is 10.9. The Bertz CT molecular complexity index is 202. The Balaban J connectivity index is 2.22. The van der Waals surface area contributed by atoms with Gasteiger partial charge in [-0.1, -0.05) is 32.1 Å². The fourth-order valence-corrected chi connectivity index (χ4v) is 2.42. The highest BCUT2D eigenvalue weighted by atomic mass is 16.5. The van der Waals surface area contributed by atoms with E-state index in [1.54, 1.807) is 0 Å². The van der Waals surface area contributed by atoms with E-state index < -0.39 is 0 Å². The lowest BCUT2D eigenvalue weighted by atomic mass is 9.80. The Morgan fingerprint density at radius 1 is 1.44 bits per heavy atom. The molecule has 1 aliphatic rings. The molecule has 0 saturated heterocycles. The molecule has 94 valence electrons. The predicted octanol–water partition coefficient (Wildman–Crippen LogP) is 0.938. The van der Waals surface area contributed by atoms with Crippen LogP contribution in [0, 0.1) is 11.8 Å². The summed E-state index contributed by atoms with van der Waals surface area (Å²) in [6.45, 7) is 1.15. The summed E-state index contributed by atoms with van der Waals surface area (Å²) in [6.07, 6.45) is 6.30. The summed E-state index contributed by atoms with van der Waals surface area (Å²) in [7, 11) is 1.38. The van der Waals surface area contributed by atoms with Crippen LogP contribution in [0.2, 0.25) is 0 Å². The van der Waals surface area contributed by atoms with Crippen molar-refractivity contribution < 1.29 is 14.6 Å². The second kappa shape index (κ2) is 7.63. The van der Waals surface area contributed by atoms with E-state index in [2.05, 4.69) is 10.1 Å². The minimum absolute atomic E-state index is 0.207. The third kappa shape index (κ3) is 4.49. The number of methoxy groups -OCH3 is 1. The molecular formula is C12H23NO3. The summed E-state index contributed by atoms with van der Waals surface area (Å²) >= 11 is 0. The van der Waals surface area contributed by atoms with Gasteiger partial charge in [-0.2, -0.15) is 0 Å². The van der Waals surface area contributed by atoms with Crippen molar-refractivity contribution in [2.24, 2.45) is 11.8 Å². The lowest BCUT2D eigenvalue weighted by Gasteiger charge is -2.29. The van der Waals surface area contributed by atoms with Crippen LogP contribution in [0.25, 0.3) is 0 Å². The Hall–Kier alpha value is -0.610.